The molecule has 0 bridgehead atoms. The van der Waals surface area contributed by atoms with Gasteiger partial charge in [-0.2, -0.15) is 0 Å². The van der Waals surface area contributed by atoms with Crippen molar-refractivity contribution in [3.8, 4) is 0 Å². The van der Waals surface area contributed by atoms with Crippen LogP contribution in [0.15, 0.2) is 37.2 Å². The van der Waals surface area contributed by atoms with Gasteiger partial charge in [0, 0.05) is 64.1 Å². The van der Waals surface area contributed by atoms with Crippen LogP contribution in [0.2, 0.25) is 0 Å². The molecule has 0 aliphatic carbocycles. The van der Waals surface area contributed by atoms with E-state index in [1.54, 1.807) is 0 Å². The lowest BCUT2D eigenvalue weighted by molar-refractivity contribution is 0.0940. The summed E-state index contributed by atoms with van der Waals surface area (Å²) in [7, 11) is 0. The summed E-state index contributed by atoms with van der Waals surface area (Å²) in [4.78, 5) is 39.0. The van der Waals surface area contributed by atoms with Gasteiger partial charge < -0.3 is 21.3 Å². The van der Waals surface area contributed by atoms with Crippen LogP contribution in [0.3, 0.4) is 0 Å². The fraction of sp³-hybridized carbons (Fsp3) is 0.375. The van der Waals surface area contributed by atoms with E-state index in [1.165, 1.54) is 37.2 Å². The molecule has 0 saturated carbocycles. The highest BCUT2D eigenvalue weighted by Gasteiger charge is 2.05. The van der Waals surface area contributed by atoms with Crippen LogP contribution in [0.25, 0.3) is 0 Å². The lowest BCUT2D eigenvalue weighted by Gasteiger charge is -2.08. The summed E-state index contributed by atoms with van der Waals surface area (Å²) < 4.78 is 0. The molecule has 0 aliphatic heterocycles. The fourth-order valence-electron chi connectivity index (χ4n) is 1.97. The third-order valence-corrected chi connectivity index (χ3v) is 3.24. The van der Waals surface area contributed by atoms with Crippen LogP contribution in [0.4, 0.5) is 0 Å². The molecule has 0 fully saturated rings. The van der Waals surface area contributed by atoms with Crippen molar-refractivity contribution in [1.29, 1.82) is 0 Å². The van der Waals surface area contributed by atoms with Crippen LogP contribution in [-0.2, 0) is 0 Å². The first-order chi connectivity index (χ1) is 12.8. The summed E-state index contributed by atoms with van der Waals surface area (Å²) in [5.41, 5.74) is 0.607. The van der Waals surface area contributed by atoms with Crippen molar-refractivity contribution in [1.82, 2.24) is 41.2 Å². The van der Waals surface area contributed by atoms with Crippen molar-refractivity contribution in [2.45, 2.75) is 0 Å². The normalized spacial score (nSPS) is 10.3. The summed E-state index contributed by atoms with van der Waals surface area (Å²) in [6.45, 7) is 3.81. The Morgan fingerprint density at radius 2 is 1.08 bits per heavy atom. The zero-order chi connectivity index (χ0) is 18.5. The molecule has 0 spiro atoms. The van der Waals surface area contributed by atoms with Crippen molar-refractivity contribution >= 4 is 11.8 Å². The molecule has 2 aromatic heterocycles. The van der Waals surface area contributed by atoms with Crippen LogP contribution in [0.1, 0.15) is 21.0 Å². The molecule has 0 radical (unpaired) electrons. The maximum atomic E-state index is 11.7. The molecular weight excluding hydrogens is 336 g/mol. The minimum absolute atomic E-state index is 0.239. The monoisotopic (exact) mass is 358 g/mol. The average Bonchev–Trinajstić information content (AvgIpc) is 2.70. The van der Waals surface area contributed by atoms with Gasteiger partial charge in [0.05, 0.1) is 12.4 Å². The lowest BCUT2D eigenvalue weighted by Crippen LogP contribution is -2.37. The summed E-state index contributed by atoms with van der Waals surface area (Å²) in [6.07, 6.45) is 8.85. The Labute approximate surface area is 151 Å². The molecule has 0 unspecified atom stereocenters. The first-order valence-corrected chi connectivity index (χ1v) is 8.27. The van der Waals surface area contributed by atoms with E-state index >= 15 is 0 Å². The number of carbonyl (C=O) groups excluding carboxylic acids is 2. The standard InChI is InChI=1S/C16H22N8O2/c25-15(13-11-19-5-7-21-13)23-9-3-17-1-2-18-4-10-24-16(26)14-12-20-6-8-22-14/h5-8,11-12,17-18H,1-4,9-10H2,(H,23,25)(H,24,26). The van der Waals surface area contributed by atoms with Crippen molar-refractivity contribution in [2.75, 3.05) is 39.3 Å². The maximum Gasteiger partial charge on any atom is 0.271 e. The Morgan fingerprint density at radius 1 is 0.654 bits per heavy atom. The zero-order valence-corrected chi connectivity index (χ0v) is 14.3. The Balaban J connectivity index is 1.41. The second-order valence-electron chi connectivity index (χ2n) is 5.19. The number of hydrogen-bond acceptors (Lipinski definition) is 8. The number of nitrogens with zero attached hydrogens (tertiary/aromatic N) is 4. The van der Waals surface area contributed by atoms with Crippen LogP contribution < -0.4 is 21.3 Å². The molecule has 2 heterocycles. The van der Waals surface area contributed by atoms with Gasteiger partial charge in [-0.25, -0.2) is 9.97 Å². The molecule has 0 aliphatic rings. The molecule has 138 valence electrons. The largest absolute Gasteiger partial charge is 0.349 e. The summed E-state index contributed by atoms with van der Waals surface area (Å²) in [5, 5.41) is 11.9. The molecule has 10 heteroatoms. The van der Waals surface area contributed by atoms with Gasteiger partial charge in [0.25, 0.3) is 11.8 Å². The first-order valence-electron chi connectivity index (χ1n) is 8.27. The van der Waals surface area contributed by atoms with E-state index in [0.717, 1.165) is 13.1 Å². The predicted molar refractivity (Wildman–Crippen MR) is 94.5 cm³/mol. The Kier molecular flexibility index (Phi) is 8.60. The van der Waals surface area contributed by atoms with Crippen molar-refractivity contribution in [3.05, 3.63) is 48.6 Å². The maximum absolute atomic E-state index is 11.7. The van der Waals surface area contributed by atoms with Crippen LogP contribution in [0, 0.1) is 0 Å². The van der Waals surface area contributed by atoms with E-state index in [9.17, 15) is 9.59 Å². The number of nitrogens with one attached hydrogen (secondary N) is 4. The quantitative estimate of drug-likeness (QED) is 0.361. The van der Waals surface area contributed by atoms with Crippen molar-refractivity contribution < 1.29 is 9.59 Å². The minimum Gasteiger partial charge on any atom is -0.349 e. The molecule has 0 atom stereocenters. The van der Waals surface area contributed by atoms with Crippen LogP contribution in [-0.4, -0.2) is 71.0 Å². The summed E-state index contributed by atoms with van der Waals surface area (Å²) in [5.74, 6) is -0.478. The first kappa shape index (κ1) is 19.3. The number of aromatic nitrogens is 4. The number of amides is 2. The van der Waals surface area contributed by atoms with E-state index in [-0.39, 0.29) is 11.8 Å². The highest BCUT2D eigenvalue weighted by Crippen LogP contribution is 1.89. The van der Waals surface area contributed by atoms with E-state index < -0.39 is 0 Å². The molecule has 0 aromatic carbocycles. The van der Waals surface area contributed by atoms with Crippen molar-refractivity contribution in [2.24, 2.45) is 0 Å². The fourth-order valence-corrected chi connectivity index (χ4v) is 1.97. The number of rotatable bonds is 11. The zero-order valence-electron chi connectivity index (χ0n) is 14.3. The second kappa shape index (κ2) is 11.6. The number of hydrogen-bond donors (Lipinski definition) is 4. The SMILES string of the molecule is O=C(NCCNCCNCCNC(=O)c1cnccn1)c1cnccn1. The topological polar surface area (TPSA) is 134 Å². The summed E-state index contributed by atoms with van der Waals surface area (Å²) in [6, 6.07) is 0. The molecular formula is C16H22N8O2. The average molecular weight is 358 g/mol. The molecule has 0 saturated heterocycles. The van der Waals surface area contributed by atoms with Gasteiger partial charge in [0.1, 0.15) is 11.4 Å². The van der Waals surface area contributed by atoms with Gasteiger partial charge in [-0.1, -0.05) is 0 Å². The van der Waals surface area contributed by atoms with Gasteiger partial charge in [-0.3, -0.25) is 19.6 Å². The Bertz CT molecular complexity index is 609. The Morgan fingerprint density at radius 3 is 1.46 bits per heavy atom. The number of carbonyl (C=O) groups is 2. The second-order valence-corrected chi connectivity index (χ2v) is 5.19. The van der Waals surface area contributed by atoms with Crippen LogP contribution >= 0.6 is 0 Å². The Hall–Kier alpha value is -2.98. The summed E-state index contributed by atoms with van der Waals surface area (Å²) >= 11 is 0. The highest BCUT2D eigenvalue weighted by atomic mass is 16.2. The predicted octanol–water partition coefficient (Wildman–Crippen LogP) is -1.39. The van der Waals surface area contributed by atoms with E-state index in [0.29, 0.717) is 37.6 Å². The van der Waals surface area contributed by atoms with Crippen LogP contribution in [0.5, 0.6) is 0 Å². The van der Waals surface area contributed by atoms with Gasteiger partial charge in [0.2, 0.25) is 0 Å². The van der Waals surface area contributed by atoms with Gasteiger partial charge in [0.15, 0.2) is 0 Å². The molecule has 2 amide bonds. The minimum atomic E-state index is -0.239. The van der Waals surface area contributed by atoms with Gasteiger partial charge >= 0.3 is 0 Å². The molecule has 26 heavy (non-hydrogen) atoms. The van der Waals surface area contributed by atoms with E-state index in [4.69, 9.17) is 0 Å². The van der Waals surface area contributed by atoms with Gasteiger partial charge in [-0.05, 0) is 0 Å². The molecule has 2 aromatic rings. The smallest absolute Gasteiger partial charge is 0.271 e. The van der Waals surface area contributed by atoms with Crippen molar-refractivity contribution in [3.63, 3.8) is 0 Å². The molecule has 2 rings (SSSR count). The molecule has 10 nitrogen and oxygen atoms in total. The van der Waals surface area contributed by atoms with Gasteiger partial charge in [-0.15, -0.1) is 0 Å². The lowest BCUT2D eigenvalue weighted by atomic mass is 10.4. The third-order valence-electron chi connectivity index (χ3n) is 3.24. The molecule has 4 N–H and O–H groups in total. The van der Waals surface area contributed by atoms with E-state index in [2.05, 4.69) is 41.2 Å². The van der Waals surface area contributed by atoms with E-state index in [1.807, 2.05) is 0 Å². The highest BCUT2D eigenvalue weighted by molar-refractivity contribution is 5.92. The third kappa shape index (κ3) is 7.28.